The number of hydrogen-bond acceptors (Lipinski definition) is 9. The number of hydrogen-bond donors (Lipinski definition) is 0. The van der Waals surface area contributed by atoms with Gasteiger partial charge in [0, 0.05) is 78.2 Å². The van der Waals surface area contributed by atoms with E-state index >= 15 is 0 Å². The fourth-order valence-corrected chi connectivity index (χ4v) is 14.3. The second-order valence-corrected chi connectivity index (χ2v) is 24.6. The molecule has 0 amide bonds. The molecule has 0 spiro atoms. The number of benzene rings is 13. The number of aromatic nitrogens is 6. The van der Waals surface area contributed by atoms with Gasteiger partial charge in [-0.05, 0) is 125 Å². The molecule has 460 valence electrons. The molecule has 0 bridgehead atoms. The zero-order valence-electron chi connectivity index (χ0n) is 52.9. The van der Waals surface area contributed by atoms with E-state index in [2.05, 4.69) is 215 Å². The van der Waals surface area contributed by atoms with Gasteiger partial charge < -0.3 is 19.1 Å². The van der Waals surface area contributed by atoms with Crippen LogP contribution in [-0.2, 0) is 11.3 Å². The summed E-state index contributed by atoms with van der Waals surface area (Å²) in [5.41, 5.74) is 23.0. The van der Waals surface area contributed by atoms with Gasteiger partial charge in [0.1, 0.15) is 6.61 Å². The van der Waals surface area contributed by atoms with Crippen molar-refractivity contribution in [3.8, 4) is 84.9 Å². The van der Waals surface area contributed by atoms with Crippen molar-refractivity contribution in [3.05, 3.63) is 345 Å². The van der Waals surface area contributed by atoms with Crippen molar-refractivity contribution >= 4 is 85.0 Å². The Morgan fingerprint density at radius 1 is 0.337 bits per heavy atom. The standard InChI is InChI=1S/C87H57BN8O2/c97-87(98-56-57-26-7-1-8-27-57)64-47-50-76-69(54-64)68-40-19-22-43-75(68)96(76)77-49-46-63(86-92-83(59-30-11-3-12-31-59)91-84(93-86)60-32-13-4-14-33-60)53-70(77)74-55-73(58-28-9-2-10-29-58)89-85(90-74)62-35-25-34-61(52-62)67-48-51-80-81-82(67)95(66-38-17-6-18-39-66)79-45-24-21-42-72(79)88(81)71-41-20-23-44-78(71)94(80)65-36-15-5-16-37-65/h1-55H,56H2. The van der Waals surface area contributed by atoms with E-state index in [1.807, 2.05) is 133 Å². The summed E-state index contributed by atoms with van der Waals surface area (Å²) in [6, 6.07) is 115. The van der Waals surface area contributed by atoms with Crippen molar-refractivity contribution in [2.75, 3.05) is 9.80 Å². The fraction of sp³-hybridized carbons (Fsp3) is 0.0115. The third-order valence-electron chi connectivity index (χ3n) is 18.8. The Labute approximate surface area is 566 Å². The number of fused-ring (bicyclic) bond motifs is 7. The van der Waals surface area contributed by atoms with Crippen LogP contribution in [-0.4, -0.2) is 42.2 Å². The lowest BCUT2D eigenvalue weighted by atomic mass is 9.33. The Bertz CT molecular complexity index is 5670. The molecule has 0 fully saturated rings. The predicted molar refractivity (Wildman–Crippen MR) is 397 cm³/mol. The Kier molecular flexibility index (Phi) is 14.3. The second-order valence-electron chi connectivity index (χ2n) is 24.6. The first-order valence-electron chi connectivity index (χ1n) is 32.9. The summed E-state index contributed by atoms with van der Waals surface area (Å²) < 4.78 is 8.20. The van der Waals surface area contributed by atoms with Crippen LogP contribution in [0.15, 0.2) is 334 Å². The zero-order valence-corrected chi connectivity index (χ0v) is 52.9. The van der Waals surface area contributed by atoms with E-state index in [1.165, 1.54) is 16.4 Å². The van der Waals surface area contributed by atoms with Crippen LogP contribution in [0, 0.1) is 0 Å². The quantitative estimate of drug-likeness (QED) is 0.0825. The third kappa shape index (κ3) is 10.2. The van der Waals surface area contributed by atoms with Gasteiger partial charge in [-0.1, -0.05) is 237 Å². The molecule has 0 radical (unpaired) electrons. The lowest BCUT2D eigenvalue weighted by Gasteiger charge is -2.45. The minimum Gasteiger partial charge on any atom is -0.457 e. The summed E-state index contributed by atoms with van der Waals surface area (Å²) in [7, 11) is 0. The molecule has 11 heteroatoms. The van der Waals surface area contributed by atoms with E-state index < -0.39 is 5.97 Å². The van der Waals surface area contributed by atoms with E-state index in [0.717, 1.165) is 117 Å². The van der Waals surface area contributed by atoms with Crippen molar-refractivity contribution in [2.24, 2.45) is 0 Å². The van der Waals surface area contributed by atoms with Crippen molar-refractivity contribution in [1.29, 1.82) is 0 Å². The number of ether oxygens (including phenoxy) is 1. The Hall–Kier alpha value is -13.1. The van der Waals surface area contributed by atoms with E-state index in [-0.39, 0.29) is 13.3 Å². The highest BCUT2D eigenvalue weighted by Gasteiger charge is 2.44. The van der Waals surface area contributed by atoms with Gasteiger partial charge in [0.2, 0.25) is 0 Å². The summed E-state index contributed by atoms with van der Waals surface area (Å²) in [6.45, 7) is 0.0897. The molecule has 18 rings (SSSR count). The summed E-state index contributed by atoms with van der Waals surface area (Å²) in [5.74, 6) is 1.73. The molecule has 2 aliphatic heterocycles. The first-order valence-corrected chi connectivity index (χ1v) is 32.9. The minimum atomic E-state index is -0.402. The van der Waals surface area contributed by atoms with Crippen LogP contribution in [0.3, 0.4) is 0 Å². The Morgan fingerprint density at radius 2 is 0.837 bits per heavy atom. The SMILES string of the molecule is O=C(OCc1ccccc1)c1ccc2c(c1)c1ccccc1n2-c1ccc(-c2nc(-c3ccccc3)nc(-c3ccccc3)n2)cc1-c1cc(-c2ccccc2)nc(-c2cccc(-c3ccc4c5c3N(c3ccccc3)c3ccccc3B5c3ccccc3N4c3ccccc3)c2)n1. The molecule has 13 aromatic carbocycles. The smallest absolute Gasteiger partial charge is 0.338 e. The van der Waals surface area contributed by atoms with Gasteiger partial charge in [-0.15, -0.1) is 0 Å². The van der Waals surface area contributed by atoms with E-state index in [9.17, 15) is 4.79 Å². The van der Waals surface area contributed by atoms with Crippen molar-refractivity contribution in [3.63, 3.8) is 0 Å². The highest BCUT2D eigenvalue weighted by molar-refractivity contribution is 7.00. The maximum Gasteiger partial charge on any atom is 0.338 e. The molecular formula is C87H57BN8O2. The second kappa shape index (κ2) is 24.3. The molecule has 0 saturated carbocycles. The predicted octanol–water partition coefficient (Wildman–Crippen LogP) is 18.9. The lowest BCUT2D eigenvalue weighted by Crippen LogP contribution is -2.61. The maximum atomic E-state index is 14.0. The Balaban J connectivity index is 0.853. The van der Waals surface area contributed by atoms with Gasteiger partial charge >= 0.3 is 5.97 Å². The number of carbonyl (C=O) groups excluding carboxylic acids is 1. The maximum absolute atomic E-state index is 14.0. The van der Waals surface area contributed by atoms with E-state index in [1.54, 1.807) is 0 Å². The zero-order chi connectivity index (χ0) is 65.0. The third-order valence-corrected chi connectivity index (χ3v) is 18.8. The van der Waals surface area contributed by atoms with Gasteiger partial charge in [0.25, 0.3) is 6.71 Å². The molecule has 5 heterocycles. The monoisotopic (exact) mass is 1260 g/mol. The van der Waals surface area contributed by atoms with E-state index in [0.29, 0.717) is 34.6 Å². The summed E-state index contributed by atoms with van der Waals surface area (Å²) in [6.07, 6.45) is 0. The largest absolute Gasteiger partial charge is 0.457 e. The first kappa shape index (κ1) is 57.5. The summed E-state index contributed by atoms with van der Waals surface area (Å²) in [5, 5.41) is 1.86. The number of nitrogens with zero attached hydrogens (tertiary/aromatic N) is 8. The average molecular weight is 1260 g/mol. The van der Waals surface area contributed by atoms with Crippen LogP contribution in [0.5, 0.6) is 0 Å². The lowest BCUT2D eigenvalue weighted by molar-refractivity contribution is 0.0473. The van der Waals surface area contributed by atoms with Gasteiger partial charge in [-0.25, -0.2) is 29.7 Å². The summed E-state index contributed by atoms with van der Waals surface area (Å²) >= 11 is 0. The molecule has 0 atom stereocenters. The molecule has 0 saturated heterocycles. The van der Waals surface area contributed by atoms with Gasteiger partial charge in [0.05, 0.1) is 39.4 Å². The van der Waals surface area contributed by atoms with Crippen molar-refractivity contribution in [1.82, 2.24) is 29.5 Å². The number of para-hydroxylation sites is 5. The van der Waals surface area contributed by atoms with Crippen molar-refractivity contribution in [2.45, 2.75) is 6.61 Å². The number of anilines is 6. The molecule has 0 N–H and O–H groups in total. The molecule has 0 aliphatic carbocycles. The number of rotatable bonds is 13. The van der Waals surface area contributed by atoms with Crippen LogP contribution < -0.4 is 26.2 Å². The first-order chi connectivity index (χ1) is 48.5. The molecule has 3 aromatic heterocycles. The van der Waals surface area contributed by atoms with Gasteiger partial charge in [-0.2, -0.15) is 0 Å². The van der Waals surface area contributed by atoms with Crippen LogP contribution in [0.4, 0.5) is 34.1 Å². The molecule has 16 aromatic rings. The van der Waals surface area contributed by atoms with Gasteiger partial charge in [-0.3, -0.25) is 0 Å². The average Bonchev–Trinajstić information content (AvgIpc) is 0.848. The van der Waals surface area contributed by atoms with Crippen LogP contribution in [0.25, 0.3) is 107 Å². The van der Waals surface area contributed by atoms with E-state index in [4.69, 9.17) is 29.7 Å². The number of esters is 1. The van der Waals surface area contributed by atoms with Gasteiger partial charge in [0.15, 0.2) is 23.3 Å². The number of carbonyl (C=O) groups is 1. The summed E-state index contributed by atoms with van der Waals surface area (Å²) in [4.78, 5) is 45.8. The van der Waals surface area contributed by atoms with Crippen molar-refractivity contribution < 1.29 is 9.53 Å². The molecule has 2 aliphatic rings. The molecule has 10 nitrogen and oxygen atoms in total. The molecule has 98 heavy (non-hydrogen) atoms. The Morgan fingerprint density at radius 3 is 1.51 bits per heavy atom. The van der Waals surface area contributed by atoms with Crippen LogP contribution in [0.2, 0.25) is 0 Å². The molecule has 0 unspecified atom stereocenters. The molecular weight excluding hydrogens is 1200 g/mol. The fourth-order valence-electron chi connectivity index (χ4n) is 14.3. The minimum absolute atomic E-state index is 0.0701. The van der Waals surface area contributed by atoms with Crippen LogP contribution in [0.1, 0.15) is 15.9 Å². The highest BCUT2D eigenvalue weighted by Crippen LogP contribution is 2.49. The highest BCUT2D eigenvalue weighted by atomic mass is 16.5. The topological polar surface area (TPSA) is 102 Å². The normalized spacial score (nSPS) is 12.1. The van der Waals surface area contributed by atoms with Crippen LogP contribution >= 0.6 is 0 Å².